The lowest BCUT2D eigenvalue weighted by Crippen LogP contribution is -2.37. The summed E-state index contributed by atoms with van der Waals surface area (Å²) in [4.78, 5) is 27.4. The number of ether oxygens (including phenoxy) is 1. The van der Waals surface area contributed by atoms with E-state index in [9.17, 15) is 9.59 Å². The summed E-state index contributed by atoms with van der Waals surface area (Å²) in [5, 5.41) is 2.95. The van der Waals surface area contributed by atoms with Gasteiger partial charge in [-0.2, -0.15) is 11.8 Å². The molecule has 0 aromatic heterocycles. The van der Waals surface area contributed by atoms with Crippen molar-refractivity contribution in [1.82, 2.24) is 4.90 Å². The zero-order chi connectivity index (χ0) is 22.3. The van der Waals surface area contributed by atoms with E-state index in [0.29, 0.717) is 29.2 Å². The van der Waals surface area contributed by atoms with Crippen LogP contribution in [0.4, 0.5) is 5.69 Å². The fourth-order valence-electron chi connectivity index (χ4n) is 3.55. The molecule has 3 aromatic carbocycles. The lowest BCUT2D eigenvalue weighted by atomic mass is 10.1. The molecule has 6 heteroatoms. The van der Waals surface area contributed by atoms with Gasteiger partial charge in [0.15, 0.2) is 0 Å². The summed E-state index contributed by atoms with van der Waals surface area (Å²) < 4.78 is 5.83. The van der Waals surface area contributed by atoms with Gasteiger partial charge in [0.2, 0.25) is 0 Å². The van der Waals surface area contributed by atoms with E-state index in [1.165, 1.54) is 0 Å². The lowest BCUT2D eigenvalue weighted by molar-refractivity contribution is 0.0772. The molecule has 4 rings (SSSR count). The molecule has 0 saturated carbocycles. The Hall–Kier alpha value is -3.25. The number of benzene rings is 3. The average Bonchev–Trinajstić information content (AvgIpc) is 2.85. The highest BCUT2D eigenvalue weighted by Crippen LogP contribution is 2.21. The molecule has 5 nitrogen and oxygen atoms in total. The van der Waals surface area contributed by atoms with Crippen LogP contribution in [0.3, 0.4) is 0 Å². The van der Waals surface area contributed by atoms with Crippen LogP contribution in [0, 0.1) is 6.92 Å². The molecule has 0 bridgehead atoms. The Bertz CT molecular complexity index is 1100. The van der Waals surface area contributed by atoms with Gasteiger partial charge < -0.3 is 15.0 Å². The third kappa shape index (κ3) is 5.51. The maximum absolute atomic E-state index is 12.8. The van der Waals surface area contributed by atoms with Crippen LogP contribution >= 0.6 is 11.8 Å². The van der Waals surface area contributed by atoms with Gasteiger partial charge in [-0.15, -0.1) is 0 Å². The van der Waals surface area contributed by atoms with Gasteiger partial charge in [-0.1, -0.05) is 36.4 Å². The van der Waals surface area contributed by atoms with Gasteiger partial charge in [-0.3, -0.25) is 9.59 Å². The lowest BCUT2D eigenvalue weighted by Gasteiger charge is -2.26. The van der Waals surface area contributed by atoms with Crippen LogP contribution in [0.25, 0.3) is 0 Å². The zero-order valence-electron chi connectivity index (χ0n) is 18.0. The molecule has 0 aliphatic carbocycles. The minimum atomic E-state index is -0.217. The number of hydrogen-bond acceptors (Lipinski definition) is 4. The van der Waals surface area contributed by atoms with Crippen molar-refractivity contribution in [3.63, 3.8) is 0 Å². The molecule has 0 radical (unpaired) electrons. The van der Waals surface area contributed by atoms with Crippen LogP contribution in [0.2, 0.25) is 0 Å². The van der Waals surface area contributed by atoms with E-state index >= 15 is 0 Å². The highest BCUT2D eigenvalue weighted by molar-refractivity contribution is 7.99. The Morgan fingerprint density at radius 1 is 0.938 bits per heavy atom. The van der Waals surface area contributed by atoms with Gasteiger partial charge in [0.25, 0.3) is 11.8 Å². The molecule has 0 spiro atoms. The van der Waals surface area contributed by atoms with Gasteiger partial charge in [-0.05, 0) is 54.4 Å². The molecule has 0 atom stereocenters. The maximum atomic E-state index is 12.8. The predicted octanol–water partition coefficient (Wildman–Crippen LogP) is 5.02. The number of carbonyl (C=O) groups excluding carboxylic acids is 2. The Morgan fingerprint density at radius 2 is 1.72 bits per heavy atom. The van der Waals surface area contributed by atoms with E-state index in [2.05, 4.69) is 5.32 Å². The molecule has 164 valence electrons. The summed E-state index contributed by atoms with van der Waals surface area (Å²) in [6.45, 7) is 3.90. The Balaban J connectivity index is 1.40. The van der Waals surface area contributed by atoms with E-state index in [4.69, 9.17) is 4.74 Å². The van der Waals surface area contributed by atoms with Crippen molar-refractivity contribution in [2.45, 2.75) is 13.5 Å². The van der Waals surface area contributed by atoms with E-state index in [0.717, 1.165) is 35.7 Å². The SMILES string of the molecule is Cc1cc(C(=O)N2CCSCC2)ccc1NC(=O)c1cccc(OCc2ccccc2)c1. The molecule has 3 aromatic rings. The maximum Gasteiger partial charge on any atom is 0.255 e. The van der Waals surface area contributed by atoms with E-state index in [1.807, 2.05) is 66.1 Å². The fourth-order valence-corrected chi connectivity index (χ4v) is 4.45. The molecule has 0 unspecified atom stereocenters. The summed E-state index contributed by atoms with van der Waals surface area (Å²) in [7, 11) is 0. The van der Waals surface area contributed by atoms with Crippen molar-refractivity contribution in [2.24, 2.45) is 0 Å². The molecule has 1 N–H and O–H groups in total. The number of aryl methyl sites for hydroxylation is 1. The molecule has 32 heavy (non-hydrogen) atoms. The van der Waals surface area contributed by atoms with Crippen molar-refractivity contribution in [3.05, 3.63) is 95.1 Å². The highest BCUT2D eigenvalue weighted by atomic mass is 32.2. The monoisotopic (exact) mass is 446 g/mol. The quantitative estimate of drug-likeness (QED) is 0.578. The summed E-state index contributed by atoms with van der Waals surface area (Å²) in [6, 6.07) is 22.5. The smallest absolute Gasteiger partial charge is 0.255 e. The highest BCUT2D eigenvalue weighted by Gasteiger charge is 2.19. The van der Waals surface area contributed by atoms with Crippen LogP contribution in [0.5, 0.6) is 5.75 Å². The number of nitrogens with one attached hydrogen (secondary N) is 1. The minimum Gasteiger partial charge on any atom is -0.489 e. The number of hydrogen-bond donors (Lipinski definition) is 1. The number of nitrogens with zero attached hydrogens (tertiary/aromatic N) is 1. The molecule has 1 aliphatic rings. The first kappa shape index (κ1) is 22.0. The van der Waals surface area contributed by atoms with Gasteiger partial charge in [0.1, 0.15) is 12.4 Å². The second-order valence-corrected chi connectivity index (χ2v) is 8.92. The van der Waals surface area contributed by atoms with Crippen LogP contribution in [0.15, 0.2) is 72.8 Å². The standard InChI is InChI=1S/C26H26N2O3S/c1-19-16-22(26(30)28-12-14-32-15-13-28)10-11-24(19)27-25(29)21-8-5-9-23(17-21)31-18-20-6-3-2-4-7-20/h2-11,16-17H,12-15,18H2,1H3,(H,27,29). The first-order chi connectivity index (χ1) is 15.6. The normalized spacial score (nSPS) is 13.5. The second kappa shape index (κ2) is 10.4. The van der Waals surface area contributed by atoms with Crippen molar-refractivity contribution in [3.8, 4) is 5.75 Å². The van der Waals surface area contributed by atoms with Crippen molar-refractivity contribution in [2.75, 3.05) is 29.9 Å². The molecule has 1 heterocycles. The Morgan fingerprint density at radius 3 is 2.47 bits per heavy atom. The van der Waals surface area contributed by atoms with Gasteiger partial charge in [-0.25, -0.2) is 0 Å². The van der Waals surface area contributed by atoms with Crippen LogP contribution in [-0.2, 0) is 6.61 Å². The van der Waals surface area contributed by atoms with Crippen molar-refractivity contribution in [1.29, 1.82) is 0 Å². The molecule has 1 aliphatic heterocycles. The number of anilines is 1. The summed E-state index contributed by atoms with van der Waals surface area (Å²) in [5.41, 5.74) is 3.78. The van der Waals surface area contributed by atoms with Crippen molar-refractivity contribution < 1.29 is 14.3 Å². The Kier molecular flexibility index (Phi) is 7.12. The zero-order valence-corrected chi connectivity index (χ0v) is 18.9. The third-order valence-corrected chi connectivity index (χ3v) is 6.31. The van der Waals surface area contributed by atoms with E-state index < -0.39 is 0 Å². The molecule has 1 saturated heterocycles. The van der Waals surface area contributed by atoms with Gasteiger partial charge in [0, 0.05) is 41.4 Å². The second-order valence-electron chi connectivity index (χ2n) is 7.69. The number of amides is 2. The average molecular weight is 447 g/mol. The number of rotatable bonds is 6. The largest absolute Gasteiger partial charge is 0.489 e. The van der Waals surface area contributed by atoms with Gasteiger partial charge >= 0.3 is 0 Å². The van der Waals surface area contributed by atoms with E-state index in [-0.39, 0.29) is 11.8 Å². The van der Waals surface area contributed by atoms with Crippen LogP contribution < -0.4 is 10.1 Å². The molecule has 2 amide bonds. The van der Waals surface area contributed by atoms with Crippen molar-refractivity contribution >= 4 is 29.3 Å². The fraction of sp³-hybridized carbons (Fsp3) is 0.231. The molecular formula is C26H26N2O3S. The summed E-state index contributed by atoms with van der Waals surface area (Å²) in [5.74, 6) is 2.43. The summed E-state index contributed by atoms with van der Waals surface area (Å²) >= 11 is 1.87. The topological polar surface area (TPSA) is 58.6 Å². The predicted molar refractivity (Wildman–Crippen MR) is 130 cm³/mol. The summed E-state index contributed by atoms with van der Waals surface area (Å²) in [6.07, 6.45) is 0. The van der Waals surface area contributed by atoms with Gasteiger partial charge in [0.05, 0.1) is 0 Å². The number of thioether (sulfide) groups is 1. The Labute approximate surface area is 192 Å². The first-order valence-corrected chi connectivity index (χ1v) is 11.8. The molecule has 1 fully saturated rings. The first-order valence-electron chi connectivity index (χ1n) is 10.7. The van der Waals surface area contributed by atoms with E-state index in [1.54, 1.807) is 30.3 Å². The molecular weight excluding hydrogens is 420 g/mol. The number of carbonyl (C=O) groups is 2. The minimum absolute atomic E-state index is 0.0505. The van der Waals surface area contributed by atoms with Crippen LogP contribution in [-0.4, -0.2) is 41.3 Å². The third-order valence-electron chi connectivity index (χ3n) is 5.36. The van der Waals surface area contributed by atoms with Crippen LogP contribution in [0.1, 0.15) is 31.8 Å².